The highest BCUT2D eigenvalue weighted by molar-refractivity contribution is 7.89. The molecule has 214 valence electrons. The van der Waals surface area contributed by atoms with Gasteiger partial charge < -0.3 is 9.64 Å². The number of nitrogens with one attached hydrogen (secondary N) is 1. The molecule has 4 aromatic rings. The Kier molecular flexibility index (Phi) is 6.21. The molecule has 1 aliphatic carbocycles. The van der Waals surface area contributed by atoms with E-state index >= 15 is 0 Å². The summed E-state index contributed by atoms with van der Waals surface area (Å²) < 4.78 is 63.4. The fraction of sp³-hybridized carbons (Fsp3) is 0.480. The number of piperazine rings is 1. The zero-order valence-electron chi connectivity index (χ0n) is 21.9. The highest BCUT2D eigenvalue weighted by Gasteiger charge is 2.47. The lowest BCUT2D eigenvalue weighted by Crippen LogP contribution is -2.58. The van der Waals surface area contributed by atoms with Gasteiger partial charge in [-0.25, -0.2) is 27.2 Å². The van der Waals surface area contributed by atoms with Crippen molar-refractivity contribution in [1.29, 1.82) is 5.26 Å². The van der Waals surface area contributed by atoms with Crippen molar-refractivity contribution in [1.82, 2.24) is 34.4 Å². The van der Waals surface area contributed by atoms with E-state index in [0.29, 0.717) is 77.5 Å². The van der Waals surface area contributed by atoms with E-state index in [1.807, 2.05) is 6.07 Å². The van der Waals surface area contributed by atoms with E-state index in [-0.39, 0.29) is 16.1 Å². The molecule has 0 unspecified atom stereocenters. The molecule has 2 saturated heterocycles. The largest absolute Gasteiger partial charge is 0.378 e. The molecule has 16 heteroatoms. The number of alkyl halides is 2. The minimum Gasteiger partial charge on any atom is -0.378 e. The molecule has 7 rings (SSSR count). The second-order valence-electron chi connectivity index (χ2n) is 10.5. The first kappa shape index (κ1) is 26.5. The predicted octanol–water partition coefficient (Wildman–Crippen LogP) is 2.53. The number of benzene rings is 1. The Morgan fingerprint density at radius 3 is 2.78 bits per heavy atom. The van der Waals surface area contributed by atoms with Crippen molar-refractivity contribution in [2.75, 3.05) is 44.3 Å². The van der Waals surface area contributed by atoms with Gasteiger partial charge in [0.05, 0.1) is 41.1 Å². The van der Waals surface area contributed by atoms with Crippen molar-refractivity contribution < 1.29 is 21.9 Å². The molecular weight excluding hydrogens is 576 g/mol. The van der Waals surface area contributed by atoms with Gasteiger partial charge in [-0.2, -0.15) is 9.98 Å². The lowest BCUT2D eigenvalue weighted by Gasteiger charge is -2.44. The van der Waals surface area contributed by atoms with E-state index in [1.165, 1.54) is 12.1 Å². The first-order valence-corrected chi connectivity index (χ1v) is 15.4. The van der Waals surface area contributed by atoms with Crippen molar-refractivity contribution in [2.24, 2.45) is 0 Å². The van der Waals surface area contributed by atoms with Gasteiger partial charge >= 0.3 is 0 Å². The Hall–Kier alpha value is -3.36. The van der Waals surface area contributed by atoms with Crippen LogP contribution in [0.1, 0.15) is 30.1 Å². The lowest BCUT2D eigenvalue weighted by molar-refractivity contribution is -0.0117. The Morgan fingerprint density at radius 1 is 1.22 bits per heavy atom. The molecule has 1 aromatic carbocycles. The van der Waals surface area contributed by atoms with Crippen LogP contribution in [-0.4, -0.2) is 89.0 Å². The monoisotopic (exact) mass is 601 g/mol. The first-order chi connectivity index (χ1) is 19.7. The van der Waals surface area contributed by atoms with Crippen LogP contribution in [0.2, 0.25) is 0 Å². The average Bonchev–Trinajstić information content (AvgIpc) is 3.40. The zero-order chi connectivity index (χ0) is 28.5. The van der Waals surface area contributed by atoms with Crippen molar-refractivity contribution in [3.05, 3.63) is 29.0 Å². The Balaban J connectivity index is 1.43. The quantitative estimate of drug-likeness (QED) is 0.350. The number of halogens is 2. The van der Waals surface area contributed by atoms with Gasteiger partial charge in [0.1, 0.15) is 17.2 Å². The van der Waals surface area contributed by atoms with Crippen molar-refractivity contribution in [3.63, 3.8) is 0 Å². The number of morpholine rings is 1. The Morgan fingerprint density at radius 2 is 2.05 bits per heavy atom. The van der Waals surface area contributed by atoms with Gasteiger partial charge in [0, 0.05) is 31.6 Å². The number of aromatic nitrogens is 5. The van der Waals surface area contributed by atoms with Crippen molar-refractivity contribution in [3.8, 4) is 11.2 Å². The normalized spacial score (nSPS) is 21.0. The van der Waals surface area contributed by atoms with Crippen LogP contribution in [-0.2, 0) is 14.8 Å². The lowest BCUT2D eigenvalue weighted by atomic mass is 10.1. The maximum atomic E-state index is 13.5. The first-order valence-electron chi connectivity index (χ1n) is 13.1. The van der Waals surface area contributed by atoms with E-state index in [2.05, 4.69) is 29.7 Å². The molecule has 2 aliphatic heterocycles. The molecule has 1 atom stereocenters. The molecule has 3 aliphatic rings. The van der Waals surface area contributed by atoms with Crippen LogP contribution in [0, 0.1) is 18.3 Å². The summed E-state index contributed by atoms with van der Waals surface area (Å²) in [5.74, 6) is 1.15. The number of nitrogens with zero attached hydrogens (tertiary/aromatic N) is 8. The SMILES string of the molecule is Cc1nc(N2CCN3CCOC[C@H]3C2)c2c3ccc(S(=O)(=O)NC4(C#N)CC4)cc3n(-c3nnc(C(F)F)s3)c2n1. The summed E-state index contributed by atoms with van der Waals surface area (Å²) in [6.45, 7) is 6.18. The maximum absolute atomic E-state index is 13.5. The Labute approximate surface area is 237 Å². The molecule has 41 heavy (non-hydrogen) atoms. The van der Waals surface area contributed by atoms with Crippen LogP contribution in [0.4, 0.5) is 14.6 Å². The van der Waals surface area contributed by atoms with Gasteiger partial charge in [0.15, 0.2) is 10.7 Å². The number of anilines is 1. The molecule has 5 heterocycles. The number of ether oxygens (including phenoxy) is 1. The molecule has 1 N–H and O–H groups in total. The number of sulfonamides is 1. The molecule has 3 fully saturated rings. The van der Waals surface area contributed by atoms with Gasteiger partial charge in [0.2, 0.25) is 15.2 Å². The molecule has 0 bridgehead atoms. The number of hydrogen-bond acceptors (Lipinski definition) is 11. The van der Waals surface area contributed by atoms with Crippen LogP contribution in [0.3, 0.4) is 0 Å². The summed E-state index contributed by atoms with van der Waals surface area (Å²) in [6, 6.07) is 6.85. The third-order valence-corrected chi connectivity index (χ3v) is 10.3. The molecule has 0 spiro atoms. The maximum Gasteiger partial charge on any atom is 0.291 e. The van der Waals surface area contributed by atoms with E-state index < -0.39 is 27.0 Å². The smallest absolute Gasteiger partial charge is 0.291 e. The van der Waals surface area contributed by atoms with Gasteiger partial charge in [-0.1, -0.05) is 17.4 Å². The molecule has 0 radical (unpaired) electrons. The third kappa shape index (κ3) is 4.52. The third-order valence-electron chi connectivity index (χ3n) is 7.82. The van der Waals surface area contributed by atoms with Crippen LogP contribution in [0.25, 0.3) is 27.1 Å². The van der Waals surface area contributed by atoms with Crippen LogP contribution >= 0.6 is 11.3 Å². The molecule has 1 saturated carbocycles. The topological polar surface area (TPSA) is 142 Å². The fourth-order valence-electron chi connectivity index (χ4n) is 5.58. The summed E-state index contributed by atoms with van der Waals surface area (Å²) in [7, 11) is -4.06. The fourth-order valence-corrected chi connectivity index (χ4v) is 7.69. The van der Waals surface area contributed by atoms with Gasteiger partial charge in [0.25, 0.3) is 6.43 Å². The van der Waals surface area contributed by atoms with Crippen molar-refractivity contribution >= 4 is 49.1 Å². The number of rotatable bonds is 6. The van der Waals surface area contributed by atoms with Crippen molar-refractivity contribution in [2.45, 2.75) is 42.7 Å². The summed E-state index contributed by atoms with van der Waals surface area (Å²) in [4.78, 5) is 14.0. The second-order valence-corrected chi connectivity index (χ2v) is 13.2. The minimum atomic E-state index is -4.06. The number of hydrogen-bond donors (Lipinski definition) is 1. The van der Waals surface area contributed by atoms with Crippen LogP contribution in [0.5, 0.6) is 0 Å². The van der Waals surface area contributed by atoms with Gasteiger partial charge in [-0.3, -0.25) is 9.47 Å². The van der Waals surface area contributed by atoms with Crippen LogP contribution < -0.4 is 9.62 Å². The second kappa shape index (κ2) is 9.60. The van der Waals surface area contributed by atoms with Gasteiger partial charge in [-0.15, -0.1) is 10.2 Å². The van der Waals surface area contributed by atoms with E-state index in [4.69, 9.17) is 9.72 Å². The molecular formula is C25H25F2N9O3S2. The van der Waals surface area contributed by atoms with E-state index in [1.54, 1.807) is 17.6 Å². The van der Waals surface area contributed by atoms with E-state index in [9.17, 15) is 22.5 Å². The van der Waals surface area contributed by atoms with E-state index in [0.717, 1.165) is 19.6 Å². The molecule has 12 nitrogen and oxygen atoms in total. The number of nitriles is 1. The van der Waals surface area contributed by atoms with Gasteiger partial charge in [-0.05, 0) is 31.9 Å². The highest BCUT2D eigenvalue weighted by atomic mass is 32.2. The number of fused-ring (bicyclic) bond motifs is 4. The summed E-state index contributed by atoms with van der Waals surface area (Å²) in [6.07, 6.45) is -1.94. The predicted molar refractivity (Wildman–Crippen MR) is 146 cm³/mol. The number of aryl methyl sites for hydroxylation is 1. The molecule has 0 amide bonds. The zero-order valence-corrected chi connectivity index (χ0v) is 23.6. The minimum absolute atomic E-state index is 0.0617. The average molecular weight is 602 g/mol. The highest BCUT2D eigenvalue weighted by Crippen LogP contribution is 2.40. The Bertz CT molecular complexity index is 1830. The summed E-state index contributed by atoms with van der Waals surface area (Å²) in [5.41, 5.74) is -0.283. The summed E-state index contributed by atoms with van der Waals surface area (Å²) >= 11 is 0.713. The standard InChI is InChI=1S/C25H25F2N9O3S2/c1-14-29-21(35-7-6-34-8-9-39-12-15(34)11-35)19-17-3-2-16(41(37,38)33-25(13-28)4-5-25)10-18(17)36(22(19)30-14)24-32-31-23(40-24)20(26)27/h2-3,10,15,20,33H,4-9,11-12H2,1H3/t15-/m1/s1. The van der Waals surface area contributed by atoms with Crippen LogP contribution in [0.15, 0.2) is 23.1 Å². The molecule has 3 aromatic heterocycles. The summed E-state index contributed by atoms with van der Waals surface area (Å²) in [5, 5.41) is 18.1.